The quantitative estimate of drug-likeness (QED) is 0.797. The van der Waals surface area contributed by atoms with Crippen molar-refractivity contribution in [3.05, 3.63) is 24.0 Å². The van der Waals surface area contributed by atoms with Crippen LogP contribution in [0.1, 0.15) is 56.7 Å². The van der Waals surface area contributed by atoms with Gasteiger partial charge in [-0.3, -0.25) is 4.79 Å². The molecule has 1 saturated carbocycles. The van der Waals surface area contributed by atoms with Crippen molar-refractivity contribution >= 4 is 11.6 Å². The van der Waals surface area contributed by atoms with Gasteiger partial charge in [0.1, 0.15) is 11.4 Å². The third-order valence-electron chi connectivity index (χ3n) is 6.17. The Bertz CT molecular complexity index is 865. The van der Waals surface area contributed by atoms with Gasteiger partial charge in [-0.15, -0.1) is 5.10 Å². The van der Waals surface area contributed by atoms with E-state index in [0.717, 1.165) is 42.9 Å². The number of ether oxygens (including phenoxy) is 1. The maximum Gasteiger partial charge on any atom is 0.224 e. The number of aromatic nitrogens is 4. The maximum atomic E-state index is 12.6. The molecule has 2 atom stereocenters. The van der Waals surface area contributed by atoms with Crippen molar-refractivity contribution in [1.29, 1.82) is 0 Å². The van der Waals surface area contributed by atoms with Crippen LogP contribution >= 0.6 is 0 Å². The van der Waals surface area contributed by atoms with Crippen LogP contribution in [0.4, 0.5) is 5.69 Å². The van der Waals surface area contributed by atoms with E-state index in [0.29, 0.717) is 36.1 Å². The average molecular weight is 382 g/mol. The van der Waals surface area contributed by atoms with Crippen LogP contribution in [-0.4, -0.2) is 45.3 Å². The molecule has 8 nitrogen and oxygen atoms in total. The van der Waals surface area contributed by atoms with E-state index in [-0.39, 0.29) is 5.91 Å². The van der Waals surface area contributed by atoms with Crippen molar-refractivity contribution in [1.82, 2.24) is 25.5 Å². The van der Waals surface area contributed by atoms with Crippen molar-refractivity contribution in [2.24, 2.45) is 5.92 Å². The highest BCUT2D eigenvalue weighted by Crippen LogP contribution is 2.40. The number of amides is 1. The van der Waals surface area contributed by atoms with E-state index in [4.69, 9.17) is 4.74 Å². The standard InChI is InChI=1S/C20H26N6O2/c1-28-18-7-6-16(11-17(18)26-20(13-2-3-13)23-24-25-26)22-19(27)10-12-8-14-4-5-15(9-12)21-14/h6-7,11-15,21H,2-5,8-10H2,1H3,(H,22,27). The minimum absolute atomic E-state index is 0.0709. The molecule has 1 aliphatic carbocycles. The summed E-state index contributed by atoms with van der Waals surface area (Å²) in [7, 11) is 1.63. The fourth-order valence-corrected chi connectivity index (χ4v) is 4.71. The number of carbonyl (C=O) groups excluding carboxylic acids is 1. The van der Waals surface area contributed by atoms with Crippen LogP contribution < -0.4 is 15.4 Å². The number of methoxy groups -OCH3 is 1. The molecule has 3 heterocycles. The topological polar surface area (TPSA) is 94.0 Å². The zero-order chi connectivity index (χ0) is 19.1. The lowest BCUT2D eigenvalue weighted by Gasteiger charge is -2.28. The predicted octanol–water partition coefficient (Wildman–Crippen LogP) is 2.41. The van der Waals surface area contributed by atoms with Crippen LogP contribution in [0.2, 0.25) is 0 Å². The first-order chi connectivity index (χ1) is 13.7. The van der Waals surface area contributed by atoms with Crippen molar-refractivity contribution in [2.45, 2.75) is 62.9 Å². The average Bonchev–Trinajstić information content (AvgIpc) is 3.32. The summed E-state index contributed by atoms with van der Waals surface area (Å²) >= 11 is 0. The lowest BCUT2D eigenvalue weighted by molar-refractivity contribution is -0.117. The summed E-state index contributed by atoms with van der Waals surface area (Å²) in [6, 6.07) is 6.82. The van der Waals surface area contributed by atoms with E-state index in [2.05, 4.69) is 26.2 Å². The molecule has 3 aliphatic rings. The number of rotatable bonds is 6. The van der Waals surface area contributed by atoms with Crippen molar-refractivity contribution < 1.29 is 9.53 Å². The second kappa shape index (κ2) is 7.16. The largest absolute Gasteiger partial charge is 0.494 e. The van der Waals surface area contributed by atoms with Crippen LogP contribution in [0.15, 0.2) is 18.2 Å². The van der Waals surface area contributed by atoms with Crippen LogP contribution in [0.3, 0.4) is 0 Å². The van der Waals surface area contributed by atoms with Crippen molar-refractivity contribution in [3.8, 4) is 11.4 Å². The summed E-state index contributed by atoms with van der Waals surface area (Å²) in [5.41, 5.74) is 1.50. The fourth-order valence-electron chi connectivity index (χ4n) is 4.71. The Morgan fingerprint density at radius 2 is 2.04 bits per heavy atom. The molecule has 1 aromatic carbocycles. The highest BCUT2D eigenvalue weighted by atomic mass is 16.5. The summed E-state index contributed by atoms with van der Waals surface area (Å²) in [6.45, 7) is 0. The van der Waals surface area contributed by atoms with Gasteiger partial charge in [-0.05, 0) is 73.1 Å². The van der Waals surface area contributed by atoms with E-state index in [1.54, 1.807) is 11.8 Å². The van der Waals surface area contributed by atoms with Gasteiger partial charge in [0.25, 0.3) is 0 Å². The molecular weight excluding hydrogens is 356 g/mol. The van der Waals surface area contributed by atoms with Crippen LogP contribution in [0.25, 0.3) is 5.69 Å². The summed E-state index contributed by atoms with van der Waals surface area (Å²) in [6.07, 6.45) is 7.50. The molecule has 2 unspecified atom stereocenters. The molecule has 2 N–H and O–H groups in total. The maximum absolute atomic E-state index is 12.6. The molecule has 1 aromatic heterocycles. The molecule has 8 heteroatoms. The Labute approximate surface area is 164 Å². The summed E-state index contributed by atoms with van der Waals surface area (Å²) < 4.78 is 7.23. The normalized spacial score (nSPS) is 26.2. The zero-order valence-corrected chi connectivity index (χ0v) is 16.1. The van der Waals surface area contributed by atoms with Gasteiger partial charge in [0.05, 0.1) is 7.11 Å². The lowest BCUT2D eigenvalue weighted by Crippen LogP contribution is -2.39. The van der Waals surface area contributed by atoms with Crippen LogP contribution in [-0.2, 0) is 4.79 Å². The minimum atomic E-state index is 0.0709. The molecule has 5 rings (SSSR count). The molecule has 0 radical (unpaired) electrons. The highest BCUT2D eigenvalue weighted by molar-refractivity contribution is 5.91. The third kappa shape index (κ3) is 3.48. The SMILES string of the molecule is COc1ccc(NC(=O)CC2CC3CCC(C2)N3)cc1-n1nnnc1C1CC1. The van der Waals surface area contributed by atoms with Gasteiger partial charge in [-0.2, -0.15) is 4.68 Å². The number of tetrazole rings is 1. The Hall–Kier alpha value is -2.48. The van der Waals surface area contributed by atoms with Gasteiger partial charge in [0, 0.05) is 30.1 Å². The predicted molar refractivity (Wildman–Crippen MR) is 104 cm³/mol. The van der Waals surface area contributed by atoms with E-state index in [9.17, 15) is 4.79 Å². The van der Waals surface area contributed by atoms with Crippen molar-refractivity contribution in [3.63, 3.8) is 0 Å². The molecule has 1 amide bonds. The van der Waals surface area contributed by atoms with E-state index < -0.39 is 0 Å². The molecule has 2 bridgehead atoms. The van der Waals surface area contributed by atoms with Gasteiger partial charge >= 0.3 is 0 Å². The molecule has 3 fully saturated rings. The summed E-state index contributed by atoms with van der Waals surface area (Å²) in [5.74, 6) is 2.49. The van der Waals surface area contributed by atoms with E-state index in [1.165, 1.54) is 12.8 Å². The number of nitrogens with zero attached hydrogens (tertiary/aromatic N) is 4. The lowest BCUT2D eigenvalue weighted by atomic mass is 9.89. The third-order valence-corrected chi connectivity index (χ3v) is 6.17. The zero-order valence-electron chi connectivity index (χ0n) is 16.1. The van der Waals surface area contributed by atoms with E-state index >= 15 is 0 Å². The van der Waals surface area contributed by atoms with Gasteiger partial charge in [-0.25, -0.2) is 0 Å². The van der Waals surface area contributed by atoms with Gasteiger partial charge in [0.2, 0.25) is 5.91 Å². The number of hydrogen-bond acceptors (Lipinski definition) is 6. The first kappa shape index (κ1) is 17.6. The number of benzene rings is 1. The monoisotopic (exact) mass is 382 g/mol. The number of nitrogens with one attached hydrogen (secondary N) is 2. The molecule has 2 saturated heterocycles. The molecule has 2 aromatic rings. The summed E-state index contributed by atoms with van der Waals surface area (Å²) in [5, 5.41) is 18.8. The van der Waals surface area contributed by atoms with Gasteiger partial charge in [0.15, 0.2) is 5.82 Å². The Balaban J connectivity index is 1.31. The minimum Gasteiger partial charge on any atom is -0.494 e. The number of carbonyl (C=O) groups is 1. The first-order valence-electron chi connectivity index (χ1n) is 10.2. The van der Waals surface area contributed by atoms with Crippen LogP contribution in [0, 0.1) is 5.92 Å². The number of piperidine rings is 1. The Morgan fingerprint density at radius 3 is 2.75 bits per heavy atom. The van der Waals surface area contributed by atoms with Gasteiger partial charge < -0.3 is 15.4 Å². The second-order valence-electron chi connectivity index (χ2n) is 8.34. The van der Waals surface area contributed by atoms with E-state index in [1.807, 2.05) is 18.2 Å². The van der Waals surface area contributed by atoms with Gasteiger partial charge in [-0.1, -0.05) is 0 Å². The first-order valence-corrected chi connectivity index (χ1v) is 10.2. The highest BCUT2D eigenvalue weighted by Gasteiger charge is 2.34. The molecule has 2 aliphatic heterocycles. The number of anilines is 1. The Kier molecular flexibility index (Phi) is 4.50. The smallest absolute Gasteiger partial charge is 0.224 e. The molecule has 148 valence electrons. The molecule has 28 heavy (non-hydrogen) atoms. The summed E-state index contributed by atoms with van der Waals surface area (Å²) in [4.78, 5) is 12.6. The van der Waals surface area contributed by atoms with Crippen molar-refractivity contribution in [2.75, 3.05) is 12.4 Å². The molecular formula is C20H26N6O2. The fraction of sp³-hybridized carbons (Fsp3) is 0.600. The Morgan fingerprint density at radius 1 is 1.25 bits per heavy atom. The number of fused-ring (bicyclic) bond motifs is 2. The molecule has 0 spiro atoms. The van der Waals surface area contributed by atoms with Crippen LogP contribution in [0.5, 0.6) is 5.75 Å². The second-order valence-corrected chi connectivity index (χ2v) is 8.34. The number of hydrogen-bond donors (Lipinski definition) is 2.